The molecule has 3 N–H and O–H groups in total. The number of halogens is 1. The fraction of sp³-hybridized carbons (Fsp3) is 0.368. The summed E-state index contributed by atoms with van der Waals surface area (Å²) >= 11 is 0. The van der Waals surface area contributed by atoms with Crippen LogP contribution in [0.15, 0.2) is 30.7 Å². The topological polar surface area (TPSA) is 87.2 Å². The van der Waals surface area contributed by atoms with Gasteiger partial charge in [0.1, 0.15) is 30.2 Å². The molecular formula is C19H20FN5O2. The molecule has 1 saturated heterocycles. The molecule has 4 heterocycles. The summed E-state index contributed by atoms with van der Waals surface area (Å²) < 4.78 is 28.1. The van der Waals surface area contributed by atoms with Crippen LogP contribution in [0.25, 0.3) is 11.0 Å². The lowest BCUT2D eigenvalue weighted by Crippen LogP contribution is -2.25. The number of anilines is 1. The summed E-state index contributed by atoms with van der Waals surface area (Å²) in [6.07, 6.45) is 3.81. The zero-order chi connectivity index (χ0) is 18.4. The molecule has 27 heavy (non-hydrogen) atoms. The van der Waals surface area contributed by atoms with E-state index in [1.165, 1.54) is 23.7 Å². The second-order valence-electron chi connectivity index (χ2n) is 6.93. The van der Waals surface area contributed by atoms with Gasteiger partial charge in [0.25, 0.3) is 0 Å². The van der Waals surface area contributed by atoms with E-state index < -0.39 is 5.82 Å². The van der Waals surface area contributed by atoms with Gasteiger partial charge in [0.05, 0.1) is 12.0 Å². The lowest BCUT2D eigenvalue weighted by atomic mass is 10.00. The molecule has 0 amide bonds. The lowest BCUT2D eigenvalue weighted by Gasteiger charge is -2.22. The normalized spacial score (nSPS) is 22.1. The summed E-state index contributed by atoms with van der Waals surface area (Å²) in [7, 11) is 0. The van der Waals surface area contributed by atoms with Crippen LogP contribution in [0.2, 0.25) is 0 Å². The van der Waals surface area contributed by atoms with Crippen molar-refractivity contribution >= 4 is 16.9 Å². The maximum absolute atomic E-state index is 14.3. The van der Waals surface area contributed by atoms with Crippen molar-refractivity contribution in [2.75, 3.05) is 18.9 Å². The molecule has 1 fully saturated rings. The van der Waals surface area contributed by atoms with Gasteiger partial charge in [-0.05, 0) is 30.2 Å². The summed E-state index contributed by atoms with van der Waals surface area (Å²) in [4.78, 5) is 8.04. The number of hydrogen-bond acceptors (Lipinski definition) is 6. The van der Waals surface area contributed by atoms with Crippen LogP contribution in [0.5, 0.6) is 5.75 Å². The molecule has 2 aromatic heterocycles. The Balaban J connectivity index is 1.38. The van der Waals surface area contributed by atoms with Gasteiger partial charge in [0.2, 0.25) is 0 Å². The minimum atomic E-state index is -0.444. The zero-order valence-electron chi connectivity index (χ0n) is 14.7. The second kappa shape index (κ2) is 6.47. The molecule has 0 radical (unpaired) electrons. The summed E-state index contributed by atoms with van der Waals surface area (Å²) in [6.45, 7) is 2.26. The second-order valence-corrected chi connectivity index (χ2v) is 6.93. The molecule has 3 aromatic rings. The van der Waals surface area contributed by atoms with Gasteiger partial charge in [0.15, 0.2) is 11.5 Å². The monoisotopic (exact) mass is 369 g/mol. The van der Waals surface area contributed by atoms with Gasteiger partial charge >= 0.3 is 0 Å². The zero-order valence-corrected chi connectivity index (χ0v) is 14.7. The standard InChI is InChI=1S/C19H20FN5O2/c20-14-8-25(19-17(14)18(21)23-10-24-19)16-6-12(9-26-16)27-15-3-1-2-11-7-22-5-4-13(11)15/h1-3,8,10,12,16,22H,4-7,9H2,(H2,21,23,24). The first kappa shape index (κ1) is 16.5. The van der Waals surface area contributed by atoms with E-state index in [1.54, 1.807) is 4.57 Å². The van der Waals surface area contributed by atoms with Crippen LogP contribution in [0, 0.1) is 5.82 Å². The predicted molar refractivity (Wildman–Crippen MR) is 97.8 cm³/mol. The summed E-state index contributed by atoms with van der Waals surface area (Å²) in [5, 5.41) is 3.60. The van der Waals surface area contributed by atoms with Crippen LogP contribution < -0.4 is 15.8 Å². The Labute approximate surface area is 155 Å². The van der Waals surface area contributed by atoms with E-state index in [2.05, 4.69) is 21.4 Å². The van der Waals surface area contributed by atoms with Gasteiger partial charge in [-0.3, -0.25) is 0 Å². The van der Waals surface area contributed by atoms with Crippen LogP contribution in [0.4, 0.5) is 10.2 Å². The van der Waals surface area contributed by atoms with Gasteiger partial charge in [0, 0.05) is 19.2 Å². The van der Waals surface area contributed by atoms with Crippen molar-refractivity contribution in [3.05, 3.63) is 47.7 Å². The van der Waals surface area contributed by atoms with Gasteiger partial charge in [-0.1, -0.05) is 12.1 Å². The minimum Gasteiger partial charge on any atom is -0.488 e. The number of nitrogens with one attached hydrogen (secondary N) is 1. The van der Waals surface area contributed by atoms with Crippen molar-refractivity contribution in [2.45, 2.75) is 31.7 Å². The number of nitrogen functional groups attached to an aromatic ring is 1. The number of aromatic nitrogens is 3. The highest BCUT2D eigenvalue weighted by molar-refractivity contribution is 5.86. The largest absolute Gasteiger partial charge is 0.488 e. The van der Waals surface area contributed by atoms with Gasteiger partial charge in [-0.25, -0.2) is 14.4 Å². The van der Waals surface area contributed by atoms with Crippen molar-refractivity contribution in [2.24, 2.45) is 0 Å². The van der Waals surface area contributed by atoms with E-state index >= 15 is 0 Å². The van der Waals surface area contributed by atoms with Crippen LogP contribution in [-0.4, -0.2) is 33.8 Å². The molecule has 8 heteroatoms. The molecule has 2 aliphatic heterocycles. The number of rotatable bonds is 3. The number of nitrogens with two attached hydrogens (primary N) is 1. The average Bonchev–Trinajstić information content (AvgIpc) is 3.27. The van der Waals surface area contributed by atoms with Crippen molar-refractivity contribution in [3.63, 3.8) is 0 Å². The molecule has 140 valence electrons. The summed E-state index contributed by atoms with van der Waals surface area (Å²) in [5.74, 6) is 0.602. The maximum Gasteiger partial charge on any atom is 0.154 e. The first-order valence-corrected chi connectivity index (χ1v) is 9.07. The fourth-order valence-electron chi connectivity index (χ4n) is 3.92. The van der Waals surface area contributed by atoms with E-state index in [0.717, 1.165) is 25.3 Å². The third-order valence-corrected chi connectivity index (χ3v) is 5.23. The third-order valence-electron chi connectivity index (χ3n) is 5.23. The van der Waals surface area contributed by atoms with Crippen LogP contribution >= 0.6 is 0 Å². The molecule has 0 spiro atoms. The lowest BCUT2D eigenvalue weighted by molar-refractivity contribution is 0.0523. The summed E-state index contributed by atoms with van der Waals surface area (Å²) in [5.41, 5.74) is 8.77. The van der Waals surface area contributed by atoms with Gasteiger partial charge in [-0.15, -0.1) is 0 Å². The number of ether oxygens (including phenoxy) is 2. The Kier molecular flexibility index (Phi) is 3.95. The predicted octanol–water partition coefficient (Wildman–Crippen LogP) is 2.16. The summed E-state index contributed by atoms with van der Waals surface area (Å²) in [6, 6.07) is 6.15. The van der Waals surface area contributed by atoms with Gasteiger partial charge < -0.3 is 25.1 Å². The molecule has 0 bridgehead atoms. The van der Waals surface area contributed by atoms with Crippen molar-refractivity contribution < 1.29 is 13.9 Å². The molecule has 2 atom stereocenters. The van der Waals surface area contributed by atoms with E-state index in [9.17, 15) is 4.39 Å². The van der Waals surface area contributed by atoms with Crippen molar-refractivity contribution in [1.82, 2.24) is 19.9 Å². The number of benzene rings is 1. The Morgan fingerprint density at radius 3 is 3.19 bits per heavy atom. The smallest absolute Gasteiger partial charge is 0.154 e. The first-order chi connectivity index (χ1) is 13.2. The Morgan fingerprint density at radius 2 is 2.26 bits per heavy atom. The molecule has 0 aliphatic carbocycles. The first-order valence-electron chi connectivity index (χ1n) is 9.07. The minimum absolute atomic E-state index is 0.101. The van der Waals surface area contributed by atoms with E-state index in [0.29, 0.717) is 18.7 Å². The van der Waals surface area contributed by atoms with Gasteiger partial charge in [-0.2, -0.15) is 0 Å². The van der Waals surface area contributed by atoms with Crippen LogP contribution in [0.3, 0.4) is 0 Å². The van der Waals surface area contributed by atoms with E-state index in [1.807, 2.05) is 12.1 Å². The highest BCUT2D eigenvalue weighted by Crippen LogP contribution is 2.34. The third kappa shape index (κ3) is 2.81. The fourth-order valence-corrected chi connectivity index (χ4v) is 3.92. The quantitative estimate of drug-likeness (QED) is 0.736. The molecule has 7 nitrogen and oxygen atoms in total. The Morgan fingerprint density at radius 1 is 1.33 bits per heavy atom. The SMILES string of the molecule is Nc1ncnc2c1c(F)cn2C1CC(Oc2cccc3c2CCNC3)CO1. The highest BCUT2D eigenvalue weighted by Gasteiger charge is 2.31. The van der Waals surface area contributed by atoms with Crippen LogP contribution in [0.1, 0.15) is 23.8 Å². The molecule has 5 rings (SSSR count). The molecule has 2 unspecified atom stereocenters. The molecular weight excluding hydrogens is 349 g/mol. The Hall–Kier alpha value is -2.71. The Bertz CT molecular complexity index is 1010. The van der Waals surface area contributed by atoms with E-state index in [4.69, 9.17) is 15.2 Å². The molecule has 1 aromatic carbocycles. The number of nitrogens with zero attached hydrogens (tertiary/aromatic N) is 3. The van der Waals surface area contributed by atoms with E-state index in [-0.39, 0.29) is 23.5 Å². The maximum atomic E-state index is 14.3. The average molecular weight is 369 g/mol. The van der Waals surface area contributed by atoms with Crippen LogP contribution in [-0.2, 0) is 17.7 Å². The molecule has 0 saturated carbocycles. The van der Waals surface area contributed by atoms with Crippen molar-refractivity contribution in [3.8, 4) is 5.75 Å². The number of fused-ring (bicyclic) bond motifs is 2. The highest BCUT2D eigenvalue weighted by atomic mass is 19.1. The molecule has 2 aliphatic rings. The number of hydrogen-bond donors (Lipinski definition) is 2. The van der Waals surface area contributed by atoms with Crippen molar-refractivity contribution in [1.29, 1.82) is 0 Å².